The largest absolute Gasteiger partial charge is 0.250 e. The fraction of sp³-hybridized carbons (Fsp3) is 1.00. The minimum Gasteiger partial charge on any atom is -0.250 e. The van der Waals surface area contributed by atoms with Gasteiger partial charge in [-0.05, 0) is 6.92 Å². The molecule has 0 N–H and O–H groups in total. The van der Waals surface area contributed by atoms with E-state index in [1.807, 2.05) is 0 Å². The van der Waals surface area contributed by atoms with Gasteiger partial charge in [0.15, 0.2) is 9.84 Å². The first-order valence-corrected chi connectivity index (χ1v) is 4.53. The second-order valence-corrected chi connectivity index (χ2v) is 4.62. The molecule has 2 nitrogen and oxygen atoms in total. The van der Waals surface area contributed by atoms with E-state index in [2.05, 4.69) is 0 Å². The first kappa shape index (κ1) is 8.88. The molecule has 56 valence electrons. The topological polar surface area (TPSA) is 34.1 Å². The SMILES string of the molecule is CCS(=O)(=O)C(C)CF. The highest BCUT2D eigenvalue weighted by Gasteiger charge is 2.17. The predicted molar refractivity (Wildman–Crippen MR) is 34.9 cm³/mol. The van der Waals surface area contributed by atoms with E-state index in [-0.39, 0.29) is 5.75 Å². The second-order valence-electron chi connectivity index (χ2n) is 1.92. The van der Waals surface area contributed by atoms with Gasteiger partial charge in [-0.2, -0.15) is 0 Å². The van der Waals surface area contributed by atoms with Crippen LogP contribution in [-0.4, -0.2) is 26.1 Å². The molecule has 0 bridgehead atoms. The van der Waals surface area contributed by atoms with Crippen LogP contribution in [0.2, 0.25) is 0 Å². The third-order valence-corrected chi connectivity index (χ3v) is 3.39. The van der Waals surface area contributed by atoms with E-state index in [9.17, 15) is 12.8 Å². The van der Waals surface area contributed by atoms with E-state index in [0.717, 1.165) is 0 Å². The van der Waals surface area contributed by atoms with Gasteiger partial charge >= 0.3 is 0 Å². The molecule has 4 heteroatoms. The maximum atomic E-state index is 11.7. The molecule has 0 aliphatic carbocycles. The molecule has 0 heterocycles. The van der Waals surface area contributed by atoms with Crippen LogP contribution in [0.4, 0.5) is 4.39 Å². The standard InChI is InChI=1S/C5H11FO2S/c1-3-9(7,8)5(2)4-6/h5H,3-4H2,1-2H3. The number of alkyl halides is 1. The van der Waals surface area contributed by atoms with Crippen molar-refractivity contribution in [1.29, 1.82) is 0 Å². The lowest BCUT2D eigenvalue weighted by atomic mass is 10.5. The van der Waals surface area contributed by atoms with Gasteiger partial charge in [-0.3, -0.25) is 0 Å². The Hall–Kier alpha value is -0.120. The molecule has 0 saturated carbocycles. The van der Waals surface area contributed by atoms with Gasteiger partial charge in [0.2, 0.25) is 0 Å². The zero-order valence-corrected chi connectivity index (χ0v) is 6.41. The zero-order valence-electron chi connectivity index (χ0n) is 5.59. The van der Waals surface area contributed by atoms with E-state index in [4.69, 9.17) is 0 Å². The number of sulfone groups is 1. The van der Waals surface area contributed by atoms with Crippen molar-refractivity contribution >= 4 is 9.84 Å². The second kappa shape index (κ2) is 3.15. The molecule has 0 fully saturated rings. The summed E-state index contributed by atoms with van der Waals surface area (Å²) in [4.78, 5) is 0. The van der Waals surface area contributed by atoms with Crippen LogP contribution in [0.25, 0.3) is 0 Å². The van der Waals surface area contributed by atoms with Crippen molar-refractivity contribution in [2.75, 3.05) is 12.4 Å². The molecular weight excluding hydrogens is 143 g/mol. The first-order chi connectivity index (χ1) is 4.04. The van der Waals surface area contributed by atoms with E-state index in [1.54, 1.807) is 0 Å². The normalized spacial score (nSPS) is 15.4. The highest BCUT2D eigenvalue weighted by molar-refractivity contribution is 7.91. The summed E-state index contributed by atoms with van der Waals surface area (Å²) < 4.78 is 33.1. The third kappa shape index (κ3) is 2.30. The number of halogens is 1. The Morgan fingerprint density at radius 2 is 2.00 bits per heavy atom. The quantitative estimate of drug-likeness (QED) is 0.602. The molecule has 0 aromatic heterocycles. The minimum atomic E-state index is -3.12. The van der Waals surface area contributed by atoms with Crippen LogP contribution < -0.4 is 0 Å². The lowest BCUT2D eigenvalue weighted by molar-refractivity contribution is 0.476. The van der Waals surface area contributed by atoms with Gasteiger partial charge in [0.05, 0.1) is 5.25 Å². The van der Waals surface area contributed by atoms with E-state index < -0.39 is 21.8 Å². The van der Waals surface area contributed by atoms with Gasteiger partial charge in [-0.15, -0.1) is 0 Å². The molecule has 0 radical (unpaired) electrons. The Labute approximate surface area is 55.0 Å². The maximum Gasteiger partial charge on any atom is 0.155 e. The van der Waals surface area contributed by atoms with Crippen LogP contribution in [-0.2, 0) is 9.84 Å². The average Bonchev–Trinajstić information content (AvgIpc) is 1.86. The highest BCUT2D eigenvalue weighted by atomic mass is 32.2. The summed E-state index contributed by atoms with van der Waals surface area (Å²) in [7, 11) is -3.12. The Morgan fingerprint density at radius 1 is 1.56 bits per heavy atom. The first-order valence-electron chi connectivity index (χ1n) is 2.82. The van der Waals surface area contributed by atoms with Gasteiger partial charge in [0.25, 0.3) is 0 Å². The predicted octanol–water partition coefficient (Wildman–Crippen LogP) is 0.779. The number of hydrogen-bond donors (Lipinski definition) is 0. The molecule has 0 aliphatic rings. The van der Waals surface area contributed by atoms with Crippen LogP contribution in [0.1, 0.15) is 13.8 Å². The summed E-state index contributed by atoms with van der Waals surface area (Å²) in [5.74, 6) is 0.0259. The van der Waals surface area contributed by atoms with Gasteiger partial charge in [0.1, 0.15) is 6.67 Å². The van der Waals surface area contributed by atoms with E-state index in [1.165, 1.54) is 13.8 Å². The molecule has 0 amide bonds. The Balaban J connectivity index is 4.17. The number of rotatable bonds is 3. The van der Waals surface area contributed by atoms with Gasteiger partial charge in [0, 0.05) is 5.75 Å². The monoisotopic (exact) mass is 154 g/mol. The third-order valence-electron chi connectivity index (χ3n) is 1.23. The molecule has 0 rings (SSSR count). The van der Waals surface area contributed by atoms with E-state index in [0.29, 0.717) is 0 Å². The van der Waals surface area contributed by atoms with Crippen molar-refractivity contribution in [2.45, 2.75) is 19.1 Å². The Morgan fingerprint density at radius 3 is 2.11 bits per heavy atom. The van der Waals surface area contributed by atoms with Crippen LogP contribution in [0.15, 0.2) is 0 Å². The van der Waals surface area contributed by atoms with Crippen molar-refractivity contribution < 1.29 is 12.8 Å². The summed E-state index contributed by atoms with van der Waals surface area (Å²) >= 11 is 0. The van der Waals surface area contributed by atoms with Crippen LogP contribution in [0, 0.1) is 0 Å². The maximum absolute atomic E-state index is 11.7. The van der Waals surface area contributed by atoms with Crippen LogP contribution in [0.5, 0.6) is 0 Å². The average molecular weight is 154 g/mol. The van der Waals surface area contributed by atoms with Crippen LogP contribution in [0.3, 0.4) is 0 Å². The smallest absolute Gasteiger partial charge is 0.155 e. The summed E-state index contributed by atoms with van der Waals surface area (Å²) in [5.41, 5.74) is 0. The van der Waals surface area contributed by atoms with Crippen molar-refractivity contribution in [3.8, 4) is 0 Å². The fourth-order valence-electron chi connectivity index (χ4n) is 0.380. The Bertz CT molecular complexity index is 162. The van der Waals surface area contributed by atoms with Gasteiger partial charge in [-0.25, -0.2) is 12.8 Å². The van der Waals surface area contributed by atoms with Crippen molar-refractivity contribution in [2.24, 2.45) is 0 Å². The summed E-state index contributed by atoms with van der Waals surface area (Å²) in [6.45, 7) is 2.11. The van der Waals surface area contributed by atoms with Crippen molar-refractivity contribution in [3.05, 3.63) is 0 Å². The molecule has 0 spiro atoms. The van der Waals surface area contributed by atoms with Gasteiger partial charge in [-0.1, -0.05) is 6.92 Å². The van der Waals surface area contributed by atoms with Crippen LogP contribution >= 0.6 is 0 Å². The van der Waals surface area contributed by atoms with E-state index >= 15 is 0 Å². The molecule has 9 heavy (non-hydrogen) atoms. The van der Waals surface area contributed by atoms with Crippen molar-refractivity contribution in [1.82, 2.24) is 0 Å². The van der Waals surface area contributed by atoms with Gasteiger partial charge < -0.3 is 0 Å². The molecule has 0 aliphatic heterocycles. The summed E-state index contributed by atoms with van der Waals surface area (Å²) in [5, 5.41) is -0.831. The molecule has 1 atom stereocenters. The fourth-order valence-corrected chi connectivity index (χ4v) is 1.14. The molecule has 0 aromatic carbocycles. The molecule has 0 aromatic rings. The highest BCUT2D eigenvalue weighted by Crippen LogP contribution is 2.00. The lowest BCUT2D eigenvalue weighted by Gasteiger charge is -2.04. The minimum absolute atomic E-state index is 0.0259. The molecule has 1 unspecified atom stereocenters. The lowest BCUT2D eigenvalue weighted by Crippen LogP contribution is -2.21. The summed E-state index contributed by atoms with van der Waals surface area (Å²) in [6, 6.07) is 0. The molecular formula is C5H11FO2S. The molecule has 0 saturated heterocycles. The summed E-state index contributed by atoms with van der Waals surface area (Å²) in [6.07, 6.45) is 0. The zero-order chi connectivity index (χ0) is 7.49. The van der Waals surface area contributed by atoms with Crippen molar-refractivity contribution in [3.63, 3.8) is 0 Å². The number of hydrogen-bond acceptors (Lipinski definition) is 2. The Kier molecular flexibility index (Phi) is 3.11.